The van der Waals surface area contributed by atoms with Gasteiger partial charge in [-0.2, -0.15) is 4.31 Å². The fraction of sp³-hybridized carbons (Fsp3) is 0.333. The van der Waals surface area contributed by atoms with E-state index in [0.717, 1.165) is 16.9 Å². The number of piperidine rings is 1. The van der Waals surface area contributed by atoms with Crippen LogP contribution in [0.3, 0.4) is 0 Å². The van der Waals surface area contributed by atoms with Crippen LogP contribution < -0.4 is 0 Å². The first-order valence-electron chi connectivity index (χ1n) is 8.51. The number of benzene rings is 1. The summed E-state index contributed by atoms with van der Waals surface area (Å²) in [5, 5.41) is 0. The maximum Gasteiger partial charge on any atom is 0.243 e. The largest absolute Gasteiger partial charge is 0.342 e. The zero-order valence-corrected chi connectivity index (χ0v) is 15.1. The lowest BCUT2D eigenvalue weighted by Gasteiger charge is -2.31. The number of nitrogens with zero attached hydrogens (tertiary/aromatic N) is 3. The second-order valence-corrected chi connectivity index (χ2v) is 8.51. The first kappa shape index (κ1) is 17.1. The minimum atomic E-state index is -3.61. The van der Waals surface area contributed by atoms with Crippen molar-refractivity contribution in [3.05, 3.63) is 53.7 Å². The van der Waals surface area contributed by atoms with Crippen LogP contribution >= 0.6 is 0 Å². The number of fused-ring (bicyclic) bond motifs is 1. The van der Waals surface area contributed by atoms with Crippen LogP contribution in [0.5, 0.6) is 0 Å². The van der Waals surface area contributed by atoms with E-state index >= 15 is 0 Å². The summed E-state index contributed by atoms with van der Waals surface area (Å²) in [6.07, 6.45) is 4.72. The van der Waals surface area contributed by atoms with Crippen LogP contribution in [0.15, 0.2) is 41.6 Å². The predicted octanol–water partition coefficient (Wildman–Crippen LogP) is 2.97. The summed E-state index contributed by atoms with van der Waals surface area (Å²) in [5.41, 5.74) is 3.04. The number of aromatic amines is 1. The molecular weight excluding hydrogens is 355 g/mol. The van der Waals surface area contributed by atoms with E-state index in [9.17, 15) is 12.8 Å². The van der Waals surface area contributed by atoms with Crippen molar-refractivity contribution in [3.63, 3.8) is 0 Å². The molecule has 4 rings (SSSR count). The standard InChI is InChI=1S/C18H19FN4O2S/c1-12-10-14(19)2-3-17(12)26(24,25)23-8-4-13(5-9-23)15-11-16-18(22-15)21-7-6-20-16/h2-3,6-7,10-11,13H,4-5,8-9H2,1H3,(H,21,22). The van der Waals surface area contributed by atoms with Crippen LogP contribution in [0.4, 0.5) is 4.39 Å². The van der Waals surface area contributed by atoms with E-state index in [1.54, 1.807) is 19.3 Å². The third kappa shape index (κ3) is 2.99. The molecule has 0 spiro atoms. The highest BCUT2D eigenvalue weighted by Crippen LogP contribution is 2.32. The summed E-state index contributed by atoms with van der Waals surface area (Å²) >= 11 is 0. The molecule has 0 radical (unpaired) electrons. The van der Waals surface area contributed by atoms with Crippen molar-refractivity contribution in [1.82, 2.24) is 19.3 Å². The van der Waals surface area contributed by atoms with E-state index in [1.165, 1.54) is 22.5 Å². The summed E-state index contributed by atoms with van der Waals surface area (Å²) in [4.78, 5) is 12.0. The van der Waals surface area contributed by atoms with Crippen molar-refractivity contribution in [2.75, 3.05) is 13.1 Å². The first-order chi connectivity index (χ1) is 12.4. The number of H-pyrrole nitrogens is 1. The fourth-order valence-electron chi connectivity index (χ4n) is 3.54. The molecule has 1 N–H and O–H groups in total. The Kier molecular flexibility index (Phi) is 4.24. The number of aryl methyl sites for hydroxylation is 1. The highest BCUT2D eigenvalue weighted by Gasteiger charge is 2.31. The van der Waals surface area contributed by atoms with E-state index in [4.69, 9.17) is 0 Å². The second-order valence-electron chi connectivity index (χ2n) is 6.60. The van der Waals surface area contributed by atoms with E-state index < -0.39 is 15.8 Å². The number of nitrogens with one attached hydrogen (secondary N) is 1. The van der Waals surface area contributed by atoms with Gasteiger partial charge in [0.2, 0.25) is 10.0 Å². The average Bonchev–Trinajstić information content (AvgIpc) is 3.05. The first-order valence-corrected chi connectivity index (χ1v) is 9.95. The molecule has 1 fully saturated rings. The molecule has 3 heterocycles. The topological polar surface area (TPSA) is 79.0 Å². The third-order valence-electron chi connectivity index (χ3n) is 4.93. The van der Waals surface area contributed by atoms with Crippen LogP contribution in [0.1, 0.15) is 30.0 Å². The Balaban J connectivity index is 1.52. The molecule has 1 aliphatic rings. The van der Waals surface area contributed by atoms with Crippen molar-refractivity contribution < 1.29 is 12.8 Å². The Morgan fingerprint density at radius 1 is 1.15 bits per heavy atom. The summed E-state index contributed by atoms with van der Waals surface area (Å²) < 4.78 is 40.5. The van der Waals surface area contributed by atoms with Gasteiger partial charge in [0.1, 0.15) is 11.3 Å². The summed E-state index contributed by atoms with van der Waals surface area (Å²) in [5.74, 6) is -0.187. The zero-order chi connectivity index (χ0) is 18.3. The van der Waals surface area contributed by atoms with Crippen LogP contribution in [0, 0.1) is 12.7 Å². The van der Waals surface area contributed by atoms with E-state index in [-0.39, 0.29) is 10.8 Å². The van der Waals surface area contributed by atoms with Crippen molar-refractivity contribution in [1.29, 1.82) is 0 Å². The Hall–Kier alpha value is -2.32. The van der Waals surface area contributed by atoms with Crippen LogP contribution in [-0.4, -0.2) is 40.8 Å². The lowest BCUT2D eigenvalue weighted by Crippen LogP contribution is -2.38. The molecule has 6 nitrogen and oxygen atoms in total. The molecule has 0 bridgehead atoms. The van der Waals surface area contributed by atoms with Crippen molar-refractivity contribution >= 4 is 21.2 Å². The van der Waals surface area contributed by atoms with Crippen molar-refractivity contribution in [2.24, 2.45) is 0 Å². The molecule has 136 valence electrons. The van der Waals surface area contributed by atoms with E-state index in [0.29, 0.717) is 31.5 Å². The Bertz CT molecular complexity index is 1020. The van der Waals surface area contributed by atoms with Crippen molar-refractivity contribution in [3.8, 4) is 0 Å². The Morgan fingerprint density at radius 3 is 2.58 bits per heavy atom. The highest BCUT2D eigenvalue weighted by molar-refractivity contribution is 7.89. The van der Waals surface area contributed by atoms with Gasteiger partial charge in [-0.05, 0) is 49.6 Å². The number of hydrogen-bond donors (Lipinski definition) is 1. The second kappa shape index (κ2) is 6.44. The van der Waals surface area contributed by atoms with Crippen LogP contribution in [0.25, 0.3) is 11.2 Å². The molecular formula is C18H19FN4O2S. The lowest BCUT2D eigenvalue weighted by atomic mass is 9.95. The van der Waals surface area contributed by atoms with Gasteiger partial charge in [0.25, 0.3) is 0 Å². The summed E-state index contributed by atoms with van der Waals surface area (Å²) in [6, 6.07) is 5.78. The molecule has 0 amide bonds. The lowest BCUT2D eigenvalue weighted by molar-refractivity contribution is 0.317. The molecule has 2 aromatic heterocycles. The molecule has 0 aliphatic carbocycles. The molecule has 0 saturated carbocycles. The quantitative estimate of drug-likeness (QED) is 0.764. The monoisotopic (exact) mass is 374 g/mol. The number of aromatic nitrogens is 3. The molecule has 0 unspecified atom stereocenters. The van der Waals surface area contributed by atoms with Gasteiger partial charge in [0.05, 0.1) is 4.90 Å². The van der Waals surface area contributed by atoms with Gasteiger partial charge in [-0.3, -0.25) is 4.98 Å². The molecule has 1 aromatic carbocycles. The number of rotatable bonds is 3. The summed E-state index contributed by atoms with van der Waals surface area (Å²) in [7, 11) is -3.61. The van der Waals surface area contributed by atoms with Gasteiger partial charge < -0.3 is 4.98 Å². The normalized spacial score (nSPS) is 17.0. The Morgan fingerprint density at radius 2 is 1.88 bits per heavy atom. The zero-order valence-electron chi connectivity index (χ0n) is 14.3. The smallest absolute Gasteiger partial charge is 0.243 e. The molecule has 1 aliphatic heterocycles. The highest BCUT2D eigenvalue weighted by atomic mass is 32.2. The van der Waals surface area contributed by atoms with Gasteiger partial charge in [-0.15, -0.1) is 0 Å². The van der Waals surface area contributed by atoms with Crippen molar-refractivity contribution in [2.45, 2.75) is 30.6 Å². The molecule has 0 atom stereocenters. The SMILES string of the molecule is Cc1cc(F)ccc1S(=O)(=O)N1CCC(c2cc3nccnc3[nH]2)CC1. The van der Waals surface area contributed by atoms with E-state index in [2.05, 4.69) is 15.0 Å². The Labute approximate surface area is 151 Å². The number of sulfonamides is 1. The van der Waals surface area contributed by atoms with E-state index in [1.807, 2.05) is 6.07 Å². The average molecular weight is 374 g/mol. The summed E-state index contributed by atoms with van der Waals surface area (Å²) in [6.45, 7) is 2.48. The van der Waals surface area contributed by atoms with Gasteiger partial charge in [-0.1, -0.05) is 0 Å². The maximum atomic E-state index is 13.3. The molecule has 1 saturated heterocycles. The third-order valence-corrected chi connectivity index (χ3v) is 6.99. The minimum Gasteiger partial charge on any atom is -0.342 e. The van der Waals surface area contributed by atoms with Gasteiger partial charge >= 0.3 is 0 Å². The predicted molar refractivity (Wildman–Crippen MR) is 95.8 cm³/mol. The number of halogens is 1. The van der Waals surface area contributed by atoms with Gasteiger partial charge in [0.15, 0.2) is 5.65 Å². The minimum absolute atomic E-state index is 0.177. The molecule has 3 aromatic rings. The fourth-order valence-corrected chi connectivity index (χ4v) is 5.21. The van der Waals surface area contributed by atoms with Crippen LogP contribution in [-0.2, 0) is 10.0 Å². The maximum absolute atomic E-state index is 13.3. The molecule has 26 heavy (non-hydrogen) atoms. The van der Waals surface area contributed by atoms with Gasteiger partial charge in [-0.25, -0.2) is 17.8 Å². The van der Waals surface area contributed by atoms with Crippen LogP contribution in [0.2, 0.25) is 0 Å². The van der Waals surface area contributed by atoms with Gasteiger partial charge in [0, 0.05) is 37.1 Å². The number of hydrogen-bond acceptors (Lipinski definition) is 4. The molecule has 8 heteroatoms.